The second-order valence-corrected chi connectivity index (χ2v) is 4.03. The molecule has 0 radical (unpaired) electrons. The van der Waals surface area contributed by atoms with E-state index in [0.717, 1.165) is 32.7 Å². The Kier molecular flexibility index (Phi) is 7.99. The molecule has 1 rings (SSSR count). The molecule has 1 fully saturated rings. The zero-order chi connectivity index (χ0) is 12.6. The first-order valence-electron chi connectivity index (χ1n) is 6.41. The number of likely N-dealkylation sites (N-methyl/N-ethyl adjacent to an activating group) is 1. The first kappa shape index (κ1) is 15.2. The van der Waals surface area contributed by atoms with E-state index in [1.54, 1.807) is 0 Å². The van der Waals surface area contributed by atoms with Gasteiger partial charge in [0.25, 0.3) is 0 Å². The molecule has 1 N–H and O–H groups in total. The highest BCUT2D eigenvalue weighted by Gasteiger charge is 2.19. The minimum absolute atomic E-state index is 0.0794. The summed E-state index contributed by atoms with van der Waals surface area (Å²) in [5, 5.41) is 2.91. The van der Waals surface area contributed by atoms with Gasteiger partial charge in [0, 0.05) is 32.2 Å². The van der Waals surface area contributed by atoms with Crippen LogP contribution in [-0.2, 0) is 0 Å². The lowest BCUT2D eigenvalue weighted by Gasteiger charge is -2.34. The van der Waals surface area contributed by atoms with E-state index >= 15 is 0 Å². The molecule has 96 valence electrons. The highest BCUT2D eigenvalue weighted by atomic mass is 16.2. The molecule has 0 unspecified atom stereocenters. The van der Waals surface area contributed by atoms with Crippen molar-refractivity contribution in [2.75, 3.05) is 32.7 Å². The van der Waals surface area contributed by atoms with Gasteiger partial charge in [0.15, 0.2) is 0 Å². The third kappa shape index (κ3) is 5.35. The smallest absolute Gasteiger partial charge is 0.317 e. The van der Waals surface area contributed by atoms with Gasteiger partial charge in [0.2, 0.25) is 0 Å². The summed E-state index contributed by atoms with van der Waals surface area (Å²) in [5.41, 5.74) is 0. The van der Waals surface area contributed by atoms with Gasteiger partial charge in [-0.3, -0.25) is 0 Å². The van der Waals surface area contributed by atoms with Crippen LogP contribution in [0.4, 0.5) is 4.79 Å². The maximum absolute atomic E-state index is 11.6. The van der Waals surface area contributed by atoms with Crippen LogP contribution in [0.2, 0.25) is 0 Å². The summed E-state index contributed by atoms with van der Waals surface area (Å²) in [5.74, 6) is 0. The van der Waals surface area contributed by atoms with E-state index in [2.05, 4.69) is 17.1 Å². The Morgan fingerprint density at radius 1 is 1.19 bits per heavy atom. The fourth-order valence-corrected chi connectivity index (χ4v) is 1.61. The van der Waals surface area contributed by atoms with Gasteiger partial charge >= 0.3 is 6.03 Å². The largest absolute Gasteiger partial charge is 0.336 e. The summed E-state index contributed by atoms with van der Waals surface area (Å²) in [6.07, 6.45) is 0. The van der Waals surface area contributed by atoms with Crippen LogP contribution in [-0.4, -0.2) is 54.6 Å². The molecule has 1 saturated heterocycles. The summed E-state index contributed by atoms with van der Waals surface area (Å²) in [7, 11) is 0. The monoisotopic (exact) mass is 229 g/mol. The molecule has 1 heterocycles. The van der Waals surface area contributed by atoms with E-state index < -0.39 is 0 Å². The zero-order valence-corrected chi connectivity index (χ0v) is 11.4. The molecule has 2 amide bonds. The predicted octanol–water partition coefficient (Wildman–Crippen LogP) is 1.77. The van der Waals surface area contributed by atoms with Crippen molar-refractivity contribution in [3.63, 3.8) is 0 Å². The highest BCUT2D eigenvalue weighted by molar-refractivity contribution is 5.74. The third-order valence-corrected chi connectivity index (χ3v) is 2.52. The third-order valence-electron chi connectivity index (χ3n) is 2.52. The van der Waals surface area contributed by atoms with Crippen LogP contribution in [0.5, 0.6) is 0 Å². The van der Waals surface area contributed by atoms with Gasteiger partial charge < -0.3 is 15.1 Å². The number of carbonyl (C=O) groups is 1. The molecule has 1 aliphatic heterocycles. The number of carbonyl (C=O) groups excluding carboxylic acids is 1. The molecule has 0 atom stereocenters. The Balaban J connectivity index is 0.00000106. The van der Waals surface area contributed by atoms with Crippen LogP contribution in [0, 0.1) is 0 Å². The lowest BCUT2D eigenvalue weighted by molar-refractivity contribution is 0.141. The molecule has 0 aliphatic carbocycles. The molecular formula is C12H27N3O. The quantitative estimate of drug-likeness (QED) is 0.783. The molecule has 0 saturated carbocycles. The van der Waals surface area contributed by atoms with Gasteiger partial charge in [-0.05, 0) is 20.4 Å². The Bertz CT molecular complexity index is 187. The van der Waals surface area contributed by atoms with Crippen molar-refractivity contribution in [2.24, 2.45) is 0 Å². The van der Waals surface area contributed by atoms with Crippen LogP contribution < -0.4 is 5.32 Å². The molecule has 0 aromatic heterocycles. The summed E-state index contributed by atoms with van der Waals surface area (Å²) < 4.78 is 0. The lowest BCUT2D eigenvalue weighted by Crippen LogP contribution is -2.52. The molecule has 0 bridgehead atoms. The van der Waals surface area contributed by atoms with Crippen molar-refractivity contribution >= 4 is 6.03 Å². The number of urea groups is 1. The average molecular weight is 229 g/mol. The number of rotatable bonds is 2. The molecule has 4 nitrogen and oxygen atoms in total. The van der Waals surface area contributed by atoms with E-state index in [9.17, 15) is 4.79 Å². The SMILES string of the molecule is CC.CCN1CCN(C(=O)NC(C)C)CC1. The Morgan fingerprint density at radius 2 is 1.69 bits per heavy atom. The van der Waals surface area contributed by atoms with Crippen molar-refractivity contribution in [3.8, 4) is 0 Å². The standard InChI is InChI=1S/C10H21N3O.C2H6/c1-4-12-5-7-13(8-6-12)10(14)11-9(2)3;1-2/h9H,4-8H2,1-3H3,(H,11,14);1-2H3. The molecule has 0 aromatic carbocycles. The number of piperazine rings is 1. The van der Waals surface area contributed by atoms with Crippen LogP contribution in [0.1, 0.15) is 34.6 Å². The van der Waals surface area contributed by atoms with E-state index in [4.69, 9.17) is 0 Å². The van der Waals surface area contributed by atoms with Crippen LogP contribution in [0.25, 0.3) is 0 Å². The van der Waals surface area contributed by atoms with Gasteiger partial charge in [-0.25, -0.2) is 4.79 Å². The lowest BCUT2D eigenvalue weighted by atomic mass is 10.3. The number of nitrogens with one attached hydrogen (secondary N) is 1. The van der Waals surface area contributed by atoms with Crippen LogP contribution >= 0.6 is 0 Å². The first-order valence-corrected chi connectivity index (χ1v) is 6.41. The maximum Gasteiger partial charge on any atom is 0.317 e. The highest BCUT2D eigenvalue weighted by Crippen LogP contribution is 2.01. The maximum atomic E-state index is 11.6. The topological polar surface area (TPSA) is 35.6 Å². The number of hydrogen-bond acceptors (Lipinski definition) is 2. The summed E-state index contributed by atoms with van der Waals surface area (Å²) >= 11 is 0. The second kappa shape index (κ2) is 8.39. The van der Waals surface area contributed by atoms with E-state index in [1.807, 2.05) is 32.6 Å². The second-order valence-electron chi connectivity index (χ2n) is 4.03. The van der Waals surface area contributed by atoms with Gasteiger partial charge in [0.1, 0.15) is 0 Å². The Hall–Kier alpha value is -0.770. The molecule has 0 spiro atoms. The normalized spacial score (nSPS) is 16.8. The van der Waals surface area contributed by atoms with Gasteiger partial charge in [-0.2, -0.15) is 0 Å². The summed E-state index contributed by atoms with van der Waals surface area (Å²) in [6.45, 7) is 14.9. The number of nitrogens with zero attached hydrogens (tertiary/aromatic N) is 2. The van der Waals surface area contributed by atoms with Gasteiger partial charge in [0.05, 0.1) is 0 Å². The predicted molar refractivity (Wildman–Crippen MR) is 68.7 cm³/mol. The van der Waals surface area contributed by atoms with Crippen LogP contribution in [0.3, 0.4) is 0 Å². The zero-order valence-electron chi connectivity index (χ0n) is 11.4. The van der Waals surface area contributed by atoms with Gasteiger partial charge in [-0.15, -0.1) is 0 Å². The summed E-state index contributed by atoms with van der Waals surface area (Å²) in [4.78, 5) is 15.9. The van der Waals surface area contributed by atoms with Crippen molar-refractivity contribution in [2.45, 2.75) is 40.7 Å². The molecule has 16 heavy (non-hydrogen) atoms. The van der Waals surface area contributed by atoms with Crippen molar-refractivity contribution < 1.29 is 4.79 Å². The molecule has 4 heteroatoms. The van der Waals surface area contributed by atoms with Crippen molar-refractivity contribution in [1.82, 2.24) is 15.1 Å². The fraction of sp³-hybridized carbons (Fsp3) is 0.917. The first-order chi connectivity index (χ1) is 7.63. The number of amides is 2. The minimum Gasteiger partial charge on any atom is -0.336 e. The Morgan fingerprint density at radius 3 is 2.06 bits per heavy atom. The van der Waals surface area contributed by atoms with E-state index in [1.165, 1.54) is 0 Å². The molecule has 0 aromatic rings. The van der Waals surface area contributed by atoms with Gasteiger partial charge in [-0.1, -0.05) is 20.8 Å². The van der Waals surface area contributed by atoms with Crippen molar-refractivity contribution in [1.29, 1.82) is 0 Å². The number of hydrogen-bond donors (Lipinski definition) is 1. The summed E-state index contributed by atoms with van der Waals surface area (Å²) in [6, 6.07) is 0.308. The molecular weight excluding hydrogens is 202 g/mol. The Labute approximate surface area is 100.0 Å². The fourth-order valence-electron chi connectivity index (χ4n) is 1.61. The van der Waals surface area contributed by atoms with Crippen LogP contribution in [0.15, 0.2) is 0 Å². The van der Waals surface area contributed by atoms with E-state index in [0.29, 0.717) is 0 Å². The average Bonchev–Trinajstić information content (AvgIpc) is 2.31. The van der Waals surface area contributed by atoms with E-state index in [-0.39, 0.29) is 12.1 Å². The minimum atomic E-state index is 0.0794. The van der Waals surface area contributed by atoms with Crippen molar-refractivity contribution in [3.05, 3.63) is 0 Å². The molecule has 1 aliphatic rings.